The maximum absolute atomic E-state index is 5.74. The highest BCUT2D eigenvalue weighted by Gasteiger charge is 2.08. The van der Waals surface area contributed by atoms with Crippen LogP contribution in [0.5, 0.6) is 0 Å². The Kier molecular flexibility index (Phi) is 5.47. The minimum Gasteiger partial charge on any atom is -0.381 e. The van der Waals surface area contributed by atoms with Crippen LogP contribution in [0.15, 0.2) is 0 Å². The van der Waals surface area contributed by atoms with Gasteiger partial charge in [0.15, 0.2) is 0 Å². The highest BCUT2D eigenvalue weighted by atomic mass is 35.5. The first-order valence-corrected chi connectivity index (χ1v) is 3.05. The van der Waals surface area contributed by atoms with E-state index in [0.717, 1.165) is 26.1 Å². The molecular weight excluding hydrogens is 136 g/mol. The van der Waals surface area contributed by atoms with Crippen LogP contribution in [0.1, 0.15) is 12.8 Å². The third kappa shape index (κ3) is 3.12. The van der Waals surface area contributed by atoms with Crippen LogP contribution in [0.2, 0.25) is 0 Å². The predicted molar refractivity (Wildman–Crippen MR) is 35.4 cm³/mol. The van der Waals surface area contributed by atoms with E-state index >= 15 is 0 Å². The molecule has 0 aliphatic carbocycles. The smallest absolute Gasteiger partial charge is 0.0480 e. The van der Waals surface area contributed by atoms with Gasteiger partial charge in [0.1, 0.15) is 0 Å². The SMILES string of the molecule is ClC1CCOCC1.[Mg]. The van der Waals surface area contributed by atoms with Gasteiger partial charge in [0.25, 0.3) is 0 Å². The maximum atomic E-state index is 5.74. The van der Waals surface area contributed by atoms with Crippen molar-refractivity contribution in [3.63, 3.8) is 0 Å². The molecule has 0 bridgehead atoms. The number of ether oxygens (including phenoxy) is 1. The summed E-state index contributed by atoms with van der Waals surface area (Å²) in [5, 5.41) is 0.383. The van der Waals surface area contributed by atoms with Crippen LogP contribution in [-0.4, -0.2) is 41.6 Å². The Hall–Kier alpha value is 1.02. The van der Waals surface area contributed by atoms with Gasteiger partial charge in [0, 0.05) is 41.6 Å². The lowest BCUT2D eigenvalue weighted by molar-refractivity contribution is 0.0989. The lowest BCUT2D eigenvalue weighted by Crippen LogP contribution is -2.14. The van der Waals surface area contributed by atoms with Gasteiger partial charge in [-0.25, -0.2) is 0 Å². The van der Waals surface area contributed by atoms with Crippen LogP contribution >= 0.6 is 11.6 Å². The third-order valence-electron chi connectivity index (χ3n) is 1.15. The largest absolute Gasteiger partial charge is 0.381 e. The Morgan fingerprint density at radius 1 is 1.25 bits per heavy atom. The molecule has 1 nitrogen and oxygen atoms in total. The van der Waals surface area contributed by atoms with Gasteiger partial charge < -0.3 is 4.74 Å². The van der Waals surface area contributed by atoms with Crippen LogP contribution < -0.4 is 0 Å². The van der Waals surface area contributed by atoms with Crippen molar-refractivity contribution in [1.29, 1.82) is 0 Å². The first-order valence-electron chi connectivity index (χ1n) is 2.61. The Balaban J connectivity index is 0.000000490. The fourth-order valence-electron chi connectivity index (χ4n) is 0.669. The average molecular weight is 145 g/mol. The van der Waals surface area contributed by atoms with Crippen LogP contribution in [0, 0.1) is 0 Å². The Bertz CT molecular complexity index is 54.4. The van der Waals surface area contributed by atoms with Gasteiger partial charge in [-0.3, -0.25) is 0 Å². The van der Waals surface area contributed by atoms with E-state index in [1.807, 2.05) is 0 Å². The second-order valence-corrected chi connectivity index (χ2v) is 2.40. The summed E-state index contributed by atoms with van der Waals surface area (Å²) < 4.78 is 5.06. The second kappa shape index (κ2) is 4.85. The van der Waals surface area contributed by atoms with Crippen molar-refractivity contribution in [2.45, 2.75) is 18.2 Å². The maximum Gasteiger partial charge on any atom is 0.0480 e. The van der Waals surface area contributed by atoms with Gasteiger partial charge in [0.05, 0.1) is 0 Å². The molecule has 0 unspecified atom stereocenters. The Morgan fingerprint density at radius 2 is 1.75 bits per heavy atom. The standard InChI is InChI=1S/C5H9ClO.Mg/c6-5-1-3-7-4-2-5;/h5H,1-4H2;. The number of hydrogen-bond donors (Lipinski definition) is 0. The summed E-state index contributed by atoms with van der Waals surface area (Å²) >= 11 is 5.74. The van der Waals surface area contributed by atoms with E-state index in [0.29, 0.717) is 5.38 Å². The summed E-state index contributed by atoms with van der Waals surface area (Å²) in [6.07, 6.45) is 2.06. The number of halogens is 1. The van der Waals surface area contributed by atoms with Crippen LogP contribution in [0.25, 0.3) is 0 Å². The van der Waals surface area contributed by atoms with E-state index in [4.69, 9.17) is 16.3 Å². The zero-order valence-electron chi connectivity index (χ0n) is 4.90. The topological polar surface area (TPSA) is 9.23 Å². The summed E-state index contributed by atoms with van der Waals surface area (Å²) in [5.74, 6) is 0. The van der Waals surface area contributed by atoms with E-state index in [-0.39, 0.29) is 23.1 Å². The fraction of sp³-hybridized carbons (Fsp3) is 1.00. The fourth-order valence-corrected chi connectivity index (χ4v) is 0.847. The number of alkyl halides is 1. The van der Waals surface area contributed by atoms with Gasteiger partial charge in [-0.15, -0.1) is 11.6 Å². The molecule has 2 radical (unpaired) electrons. The molecule has 1 rings (SSSR count). The highest BCUT2D eigenvalue weighted by Crippen LogP contribution is 2.11. The van der Waals surface area contributed by atoms with Crippen LogP contribution in [-0.2, 0) is 4.74 Å². The molecule has 3 heteroatoms. The predicted octanol–water partition coefficient (Wildman–Crippen LogP) is 1.02. The molecule has 0 spiro atoms. The molecule has 1 aliphatic heterocycles. The average Bonchev–Trinajstić information content (AvgIpc) is 1.69. The van der Waals surface area contributed by atoms with Gasteiger partial charge in [-0.05, 0) is 12.8 Å². The van der Waals surface area contributed by atoms with E-state index in [1.165, 1.54) is 0 Å². The van der Waals surface area contributed by atoms with Crippen molar-refractivity contribution in [1.82, 2.24) is 0 Å². The minimum atomic E-state index is 0. The van der Waals surface area contributed by atoms with Gasteiger partial charge >= 0.3 is 0 Å². The molecule has 0 N–H and O–H groups in total. The first-order chi connectivity index (χ1) is 3.39. The molecular formula is C5H9ClMgO. The van der Waals surface area contributed by atoms with Gasteiger partial charge in [-0.2, -0.15) is 0 Å². The molecule has 0 saturated carbocycles. The van der Waals surface area contributed by atoms with E-state index in [1.54, 1.807) is 0 Å². The second-order valence-electron chi connectivity index (χ2n) is 1.79. The van der Waals surface area contributed by atoms with Crippen LogP contribution in [0.4, 0.5) is 0 Å². The molecule has 0 amide bonds. The molecule has 0 aromatic carbocycles. The molecule has 0 aromatic rings. The summed E-state index contributed by atoms with van der Waals surface area (Å²) in [6.45, 7) is 1.71. The summed E-state index contributed by atoms with van der Waals surface area (Å²) in [4.78, 5) is 0. The summed E-state index contributed by atoms with van der Waals surface area (Å²) in [5.41, 5.74) is 0. The van der Waals surface area contributed by atoms with Crippen molar-refractivity contribution in [3.05, 3.63) is 0 Å². The lowest BCUT2D eigenvalue weighted by atomic mass is 10.2. The van der Waals surface area contributed by atoms with Crippen molar-refractivity contribution in [2.75, 3.05) is 13.2 Å². The summed E-state index contributed by atoms with van der Waals surface area (Å²) in [6, 6.07) is 0. The number of rotatable bonds is 0. The van der Waals surface area contributed by atoms with Crippen molar-refractivity contribution < 1.29 is 4.74 Å². The lowest BCUT2D eigenvalue weighted by Gasteiger charge is -2.14. The highest BCUT2D eigenvalue weighted by molar-refractivity contribution is 6.20. The molecule has 1 heterocycles. The Morgan fingerprint density at radius 3 is 2.00 bits per heavy atom. The van der Waals surface area contributed by atoms with Gasteiger partial charge in [0.2, 0.25) is 0 Å². The minimum absolute atomic E-state index is 0. The van der Waals surface area contributed by atoms with Crippen molar-refractivity contribution in [2.24, 2.45) is 0 Å². The van der Waals surface area contributed by atoms with E-state index in [9.17, 15) is 0 Å². The molecule has 44 valence electrons. The van der Waals surface area contributed by atoms with Crippen molar-refractivity contribution >= 4 is 34.7 Å². The van der Waals surface area contributed by atoms with E-state index < -0.39 is 0 Å². The quantitative estimate of drug-likeness (QED) is 0.365. The van der Waals surface area contributed by atoms with Crippen molar-refractivity contribution in [3.8, 4) is 0 Å². The normalized spacial score (nSPS) is 22.1. The molecule has 0 aromatic heterocycles. The molecule has 1 aliphatic rings. The first kappa shape index (κ1) is 9.02. The number of hydrogen-bond acceptors (Lipinski definition) is 1. The molecule has 0 atom stereocenters. The zero-order chi connectivity index (χ0) is 5.11. The monoisotopic (exact) mass is 144 g/mol. The van der Waals surface area contributed by atoms with E-state index in [2.05, 4.69) is 0 Å². The zero-order valence-corrected chi connectivity index (χ0v) is 7.07. The van der Waals surface area contributed by atoms with Gasteiger partial charge in [-0.1, -0.05) is 0 Å². The molecule has 8 heavy (non-hydrogen) atoms. The van der Waals surface area contributed by atoms with Crippen LogP contribution in [0.3, 0.4) is 0 Å². The Labute approximate surface area is 70.9 Å². The summed E-state index contributed by atoms with van der Waals surface area (Å²) in [7, 11) is 0. The molecule has 1 saturated heterocycles. The third-order valence-corrected chi connectivity index (χ3v) is 1.59. The molecule has 1 fully saturated rings.